The number of ether oxygens (including phenoxy) is 2. The molecule has 7 nitrogen and oxygen atoms in total. The molecule has 8 heteroatoms. The van der Waals surface area contributed by atoms with E-state index in [1.807, 2.05) is 38.7 Å². The van der Waals surface area contributed by atoms with E-state index in [4.69, 9.17) is 14.0 Å². The van der Waals surface area contributed by atoms with Gasteiger partial charge in [0.2, 0.25) is 5.91 Å². The van der Waals surface area contributed by atoms with Crippen molar-refractivity contribution in [3.8, 4) is 11.3 Å². The molecule has 1 saturated heterocycles. The minimum Gasteiger partial charge on any atom is -0.456 e. The van der Waals surface area contributed by atoms with Gasteiger partial charge in [-0.2, -0.15) is 0 Å². The van der Waals surface area contributed by atoms with E-state index >= 15 is 0 Å². The summed E-state index contributed by atoms with van der Waals surface area (Å²) in [6.45, 7) is 7.57. The molecule has 1 aliphatic heterocycles. The van der Waals surface area contributed by atoms with Crippen molar-refractivity contribution in [3.63, 3.8) is 0 Å². The van der Waals surface area contributed by atoms with Gasteiger partial charge in [-0.05, 0) is 89.3 Å². The van der Waals surface area contributed by atoms with E-state index in [-0.39, 0.29) is 48.3 Å². The van der Waals surface area contributed by atoms with Gasteiger partial charge < -0.3 is 18.9 Å². The van der Waals surface area contributed by atoms with Crippen molar-refractivity contribution in [2.75, 3.05) is 4.90 Å². The number of esters is 1. The van der Waals surface area contributed by atoms with Crippen LogP contribution >= 0.6 is 0 Å². The van der Waals surface area contributed by atoms with E-state index in [0.717, 1.165) is 41.8 Å². The first kappa shape index (κ1) is 25.7. The van der Waals surface area contributed by atoms with Gasteiger partial charge in [-0.1, -0.05) is 17.3 Å². The van der Waals surface area contributed by atoms with Gasteiger partial charge in [0.25, 0.3) is 0 Å². The SMILES string of the molecule is Cc1cccc(F)c1-c1noc(C2CC2)c1COC1C[C@@H]2C[C@H]1C(=O)N2c1ccc(C(=O)OC(C)(C)C)cc1. The molecule has 2 saturated carbocycles. The molecule has 0 radical (unpaired) electrons. The average molecular weight is 533 g/mol. The molecule has 2 aliphatic carbocycles. The number of hydrogen-bond donors (Lipinski definition) is 0. The van der Waals surface area contributed by atoms with E-state index < -0.39 is 5.60 Å². The first-order valence-electron chi connectivity index (χ1n) is 13.6. The minimum absolute atomic E-state index is 0.0264. The van der Waals surface area contributed by atoms with Crippen LogP contribution in [0.2, 0.25) is 0 Å². The number of carbonyl (C=O) groups excluding carboxylic acids is 2. The highest BCUT2D eigenvalue weighted by molar-refractivity contribution is 6.00. The number of hydrogen-bond acceptors (Lipinski definition) is 6. The Morgan fingerprint density at radius 3 is 2.51 bits per heavy atom. The number of fused-ring (bicyclic) bond motifs is 2. The molecule has 0 N–H and O–H groups in total. The lowest BCUT2D eigenvalue weighted by Crippen LogP contribution is -2.43. The van der Waals surface area contributed by atoms with Gasteiger partial charge >= 0.3 is 5.97 Å². The van der Waals surface area contributed by atoms with E-state index in [0.29, 0.717) is 23.2 Å². The summed E-state index contributed by atoms with van der Waals surface area (Å²) in [7, 11) is 0. The van der Waals surface area contributed by atoms with E-state index in [1.165, 1.54) is 6.07 Å². The molecular formula is C31H33FN2O5. The summed E-state index contributed by atoms with van der Waals surface area (Å²) >= 11 is 0. The first-order chi connectivity index (χ1) is 18.6. The zero-order valence-corrected chi connectivity index (χ0v) is 22.7. The van der Waals surface area contributed by atoms with Crippen molar-refractivity contribution in [1.82, 2.24) is 5.16 Å². The van der Waals surface area contributed by atoms with Crippen molar-refractivity contribution < 1.29 is 28.0 Å². The Morgan fingerprint density at radius 2 is 1.87 bits per heavy atom. The van der Waals surface area contributed by atoms with Crippen LogP contribution in [0.25, 0.3) is 11.3 Å². The van der Waals surface area contributed by atoms with Crippen LogP contribution in [-0.4, -0.2) is 34.8 Å². The molecule has 39 heavy (non-hydrogen) atoms. The van der Waals surface area contributed by atoms with Crippen molar-refractivity contribution in [2.45, 2.75) is 83.6 Å². The van der Waals surface area contributed by atoms with E-state index in [1.54, 1.807) is 30.3 Å². The first-order valence-corrected chi connectivity index (χ1v) is 13.6. The van der Waals surface area contributed by atoms with Gasteiger partial charge in [-0.3, -0.25) is 4.79 Å². The van der Waals surface area contributed by atoms with Crippen LogP contribution in [0.3, 0.4) is 0 Å². The van der Waals surface area contributed by atoms with Crippen LogP contribution < -0.4 is 4.90 Å². The number of aromatic nitrogens is 1. The fraction of sp³-hybridized carbons (Fsp3) is 0.452. The highest BCUT2D eigenvalue weighted by Crippen LogP contribution is 2.47. The van der Waals surface area contributed by atoms with Gasteiger partial charge in [-0.15, -0.1) is 0 Å². The predicted molar refractivity (Wildman–Crippen MR) is 143 cm³/mol. The Bertz CT molecular complexity index is 1400. The monoisotopic (exact) mass is 532 g/mol. The highest BCUT2D eigenvalue weighted by Gasteiger charge is 2.52. The molecule has 3 atom stereocenters. The van der Waals surface area contributed by atoms with Crippen molar-refractivity contribution in [1.29, 1.82) is 0 Å². The number of amides is 1. The number of anilines is 1. The normalized spacial score (nSPS) is 22.5. The molecule has 204 valence electrons. The van der Waals surface area contributed by atoms with Crippen LogP contribution in [0.1, 0.15) is 79.6 Å². The molecule has 2 bridgehead atoms. The Labute approximate surface area is 227 Å². The molecule has 1 amide bonds. The summed E-state index contributed by atoms with van der Waals surface area (Å²) in [5.74, 6) is 0.116. The van der Waals surface area contributed by atoms with Crippen LogP contribution in [-0.2, 0) is 20.9 Å². The smallest absolute Gasteiger partial charge is 0.338 e. The third-order valence-corrected chi connectivity index (χ3v) is 7.85. The maximum Gasteiger partial charge on any atom is 0.338 e. The Balaban J connectivity index is 1.16. The summed E-state index contributed by atoms with van der Waals surface area (Å²) in [6.07, 6.45) is 3.24. The fourth-order valence-corrected chi connectivity index (χ4v) is 5.87. The van der Waals surface area contributed by atoms with Gasteiger partial charge in [0.15, 0.2) is 0 Å². The highest BCUT2D eigenvalue weighted by atomic mass is 19.1. The Morgan fingerprint density at radius 1 is 1.13 bits per heavy atom. The molecular weight excluding hydrogens is 499 g/mol. The van der Waals surface area contributed by atoms with E-state index in [9.17, 15) is 14.0 Å². The van der Waals surface area contributed by atoms with Crippen LogP contribution in [0.5, 0.6) is 0 Å². The van der Waals surface area contributed by atoms with Crippen molar-refractivity contribution in [2.24, 2.45) is 5.92 Å². The Kier molecular flexibility index (Phi) is 6.33. The topological polar surface area (TPSA) is 81.9 Å². The van der Waals surface area contributed by atoms with Gasteiger partial charge in [0.1, 0.15) is 22.9 Å². The zero-order chi connectivity index (χ0) is 27.5. The van der Waals surface area contributed by atoms with E-state index in [2.05, 4.69) is 5.16 Å². The summed E-state index contributed by atoms with van der Waals surface area (Å²) in [4.78, 5) is 27.6. The standard InChI is InChI=1S/C31H33FN2O5/c1-17-6-5-7-24(32)26(17)27-23(28(39-33-27)18-8-9-18)16-37-25-15-21-14-22(25)29(35)34(21)20-12-10-19(11-13-20)30(36)38-31(2,3)4/h5-7,10-13,18,21-22,25H,8-9,14-16H2,1-4H3/t21-,22+,25?/m0/s1. The zero-order valence-electron chi connectivity index (χ0n) is 22.7. The second-order valence-corrected chi connectivity index (χ2v) is 11.9. The lowest BCUT2D eigenvalue weighted by atomic mass is 9.99. The van der Waals surface area contributed by atoms with Crippen LogP contribution in [0, 0.1) is 18.7 Å². The lowest BCUT2D eigenvalue weighted by molar-refractivity contribution is -0.126. The molecule has 2 aromatic carbocycles. The van der Waals surface area contributed by atoms with Gasteiger partial charge in [0, 0.05) is 28.8 Å². The van der Waals surface area contributed by atoms with Crippen LogP contribution in [0.15, 0.2) is 47.0 Å². The fourth-order valence-electron chi connectivity index (χ4n) is 5.87. The lowest BCUT2D eigenvalue weighted by Gasteiger charge is -2.31. The second kappa shape index (κ2) is 9.59. The predicted octanol–water partition coefficient (Wildman–Crippen LogP) is 6.33. The molecule has 1 aromatic heterocycles. The molecule has 6 rings (SSSR count). The van der Waals surface area contributed by atoms with Crippen molar-refractivity contribution in [3.05, 3.63) is 70.7 Å². The number of aryl methyl sites for hydroxylation is 1. The molecule has 3 aliphatic rings. The average Bonchev–Trinajstić information content (AvgIpc) is 3.38. The minimum atomic E-state index is -0.574. The number of halogens is 1. The third-order valence-electron chi connectivity index (χ3n) is 7.85. The Hall–Kier alpha value is -3.52. The third kappa shape index (κ3) is 4.86. The second-order valence-electron chi connectivity index (χ2n) is 11.9. The number of piperidine rings is 1. The quantitative estimate of drug-likeness (QED) is 0.331. The largest absolute Gasteiger partial charge is 0.456 e. The summed E-state index contributed by atoms with van der Waals surface area (Å²) < 4.78 is 32.3. The number of benzene rings is 2. The van der Waals surface area contributed by atoms with Gasteiger partial charge in [-0.25, -0.2) is 9.18 Å². The summed E-state index contributed by atoms with van der Waals surface area (Å²) in [6, 6.07) is 12.0. The molecule has 0 spiro atoms. The van der Waals surface area contributed by atoms with Gasteiger partial charge in [0.05, 0.1) is 24.2 Å². The molecule has 3 aromatic rings. The molecule has 1 unspecified atom stereocenters. The summed E-state index contributed by atoms with van der Waals surface area (Å²) in [5, 5.41) is 4.26. The van der Waals surface area contributed by atoms with Crippen LogP contribution in [0.4, 0.5) is 10.1 Å². The molecule has 2 heterocycles. The number of nitrogens with zero attached hydrogens (tertiary/aromatic N) is 2. The number of rotatable bonds is 7. The maximum atomic E-state index is 14.8. The summed E-state index contributed by atoms with van der Waals surface area (Å²) in [5.41, 5.74) is 3.16. The maximum absolute atomic E-state index is 14.8. The van der Waals surface area contributed by atoms with Crippen molar-refractivity contribution >= 4 is 17.6 Å². The molecule has 3 fully saturated rings. The number of carbonyl (C=O) groups is 2.